The number of hydrogen-bond acceptors (Lipinski definition) is 11. The van der Waals surface area contributed by atoms with Crippen LogP contribution in [-0.2, 0) is 44.9 Å². The monoisotopic (exact) mass is 1050 g/mol. The van der Waals surface area contributed by atoms with Crippen molar-refractivity contribution in [3.8, 4) is 29.7 Å². The highest BCUT2D eigenvalue weighted by atomic mass is 35.8. The van der Waals surface area contributed by atoms with Gasteiger partial charge in [0.05, 0.1) is 12.6 Å². The number of phenolic OH excluding ortho intramolecular Hbond substituents is 1. The van der Waals surface area contributed by atoms with Crippen LogP contribution in [0.3, 0.4) is 0 Å². The summed E-state index contributed by atoms with van der Waals surface area (Å²) < 4.78 is 38.2. The highest BCUT2D eigenvalue weighted by Gasteiger charge is 2.41. The third kappa shape index (κ3) is 18.9. The molecule has 0 aliphatic heterocycles. The van der Waals surface area contributed by atoms with Crippen LogP contribution in [0.2, 0.25) is 0 Å². The first kappa shape index (κ1) is 58.1. The Morgan fingerprint density at radius 1 is 0.552 bits per heavy atom. The van der Waals surface area contributed by atoms with E-state index in [0.29, 0.717) is 24.1 Å². The van der Waals surface area contributed by atoms with Gasteiger partial charge in [0.15, 0.2) is 0 Å². The van der Waals surface area contributed by atoms with E-state index in [2.05, 4.69) is 4.85 Å². The fraction of sp³-hybridized carbons (Fsp3) is 0.191. The van der Waals surface area contributed by atoms with Crippen LogP contribution < -0.4 is 20.3 Å². The largest absolute Gasteiger partial charge is 0.536 e. The third-order valence-corrected chi connectivity index (χ3v) is 18.0. The maximum Gasteiger partial charge on any atom is 0.536 e. The van der Waals surface area contributed by atoms with Crippen molar-refractivity contribution in [1.29, 1.82) is 15.8 Å². The van der Waals surface area contributed by atoms with Gasteiger partial charge in [-0.2, -0.15) is 10.5 Å². The van der Waals surface area contributed by atoms with Crippen LogP contribution >= 0.6 is 56.4 Å². The molecule has 0 bridgehead atoms. The lowest BCUT2D eigenvalue weighted by atomic mass is 10.1. The normalized spacial score (nSPS) is 10.9. The number of benzene rings is 5. The second-order valence-corrected chi connectivity index (χ2v) is 28.0. The average molecular weight is 1060 g/mol. The molecule has 0 saturated carbocycles. The van der Waals surface area contributed by atoms with Gasteiger partial charge in [-0.05, 0) is 69.4 Å². The van der Waals surface area contributed by atoms with E-state index < -0.39 is 23.6 Å². The zero-order chi connectivity index (χ0) is 49.9. The van der Waals surface area contributed by atoms with Crippen molar-refractivity contribution < 1.29 is 36.4 Å². The summed E-state index contributed by atoms with van der Waals surface area (Å²) in [6, 6.07) is 39.0. The Morgan fingerprint density at radius 3 is 1.27 bits per heavy atom. The molecule has 0 unspecified atom stereocenters. The molecule has 5 rings (SSSR count). The number of nitrogens with zero attached hydrogens (tertiary/aromatic N) is 4. The van der Waals surface area contributed by atoms with E-state index in [1.54, 1.807) is 85.1 Å². The van der Waals surface area contributed by atoms with Gasteiger partial charge in [-0.1, -0.05) is 97.1 Å². The zero-order valence-electron chi connectivity index (χ0n) is 37.3. The van der Waals surface area contributed by atoms with Crippen LogP contribution in [0.15, 0.2) is 133 Å². The molecule has 5 aromatic carbocycles. The van der Waals surface area contributed by atoms with Crippen molar-refractivity contribution in [2.75, 3.05) is 42.7 Å². The summed E-state index contributed by atoms with van der Waals surface area (Å²) in [6.45, 7) is 7.04. The molecule has 0 amide bonds. The van der Waals surface area contributed by atoms with Gasteiger partial charge >= 0.3 is 23.6 Å². The van der Waals surface area contributed by atoms with Crippen molar-refractivity contribution in [1.82, 2.24) is 0 Å². The average Bonchev–Trinajstić information content (AvgIpc) is 3.37. The molecule has 0 aromatic heterocycles. The zero-order valence-corrected chi connectivity index (χ0v) is 44.1. The molecule has 0 aliphatic carbocycles. The number of nitriles is 3. The maximum atomic E-state index is 8.96. The molecule has 0 saturated heterocycles. The summed E-state index contributed by atoms with van der Waals surface area (Å²) in [7, 11) is 4.01. The van der Waals surface area contributed by atoms with E-state index in [9.17, 15) is 0 Å². The summed E-state index contributed by atoms with van der Waals surface area (Å²) in [5.74, 6) is 1.85. The van der Waals surface area contributed by atoms with E-state index in [1.165, 1.54) is 24.3 Å². The Morgan fingerprint density at radius 2 is 0.925 bits per heavy atom. The van der Waals surface area contributed by atoms with Crippen LogP contribution in [0.25, 0.3) is 17.0 Å². The predicted octanol–water partition coefficient (Wildman–Crippen LogP) is 9.76. The fourth-order valence-electron chi connectivity index (χ4n) is 5.49. The second kappa shape index (κ2) is 30.4. The minimum atomic E-state index is -2.82. The molecule has 0 radical (unpaired) electrons. The summed E-state index contributed by atoms with van der Waals surface area (Å²) in [6.07, 6.45) is 2.99. The number of alkyl halides is 2. The molecule has 12 nitrogen and oxygen atoms in total. The van der Waals surface area contributed by atoms with Crippen LogP contribution in [-0.4, -0.2) is 71.4 Å². The number of phenols is 1. The van der Waals surface area contributed by atoms with Gasteiger partial charge in [-0.3, -0.25) is 0 Å². The molecule has 5 aromatic rings. The lowest BCUT2D eigenvalue weighted by Crippen LogP contribution is -2.54. The minimum Gasteiger partial charge on any atom is -0.508 e. The van der Waals surface area contributed by atoms with Crippen LogP contribution in [0.5, 0.6) is 11.5 Å². The molecule has 20 heteroatoms. The molecule has 0 spiro atoms. The quantitative estimate of drug-likeness (QED) is 0.0330. The molecule has 0 heterocycles. The standard InChI is InChI=1S/C20H20N2O4Si.C10H15ClO3Si.C10H6N2O.C7H6Cl4Si/c1-23-27(24-2,25-3)20-10-6-17(7-11-20)15-26-19-8-4-16(5-9-19)12-18(13-21)14-22;1-12-15(13-2,14-3)10-6-4-9(8-11)5-7-10;1-12-9(7-11)6-8-2-4-10(13)5-3-8;8-5-6-1-3-7(4-2-6)12(9,10)11/h4-12H,15H2,1-3H3;4-7H,8H2,1-3H3;2-6,13H;1-4H,5H2/b;;9-6+;. The molecule has 0 atom stereocenters. The fourth-order valence-corrected chi connectivity index (χ4v) is 11.1. The molecule has 350 valence electrons. The first-order valence-corrected chi connectivity index (χ1v) is 29.0. The Labute approximate surface area is 419 Å². The van der Waals surface area contributed by atoms with Crippen molar-refractivity contribution in [3.05, 3.63) is 172 Å². The summed E-state index contributed by atoms with van der Waals surface area (Å²) in [5.41, 5.74) is 4.67. The molecular weight excluding hydrogens is 1010 g/mol. The van der Waals surface area contributed by atoms with Crippen molar-refractivity contribution in [2.45, 2.75) is 18.4 Å². The Balaban J connectivity index is 0.000000328. The van der Waals surface area contributed by atoms with E-state index in [-0.39, 0.29) is 17.0 Å². The van der Waals surface area contributed by atoms with Crippen LogP contribution in [0.1, 0.15) is 27.8 Å². The topological polar surface area (TPSA) is 161 Å². The van der Waals surface area contributed by atoms with E-state index >= 15 is 0 Å². The smallest absolute Gasteiger partial charge is 0.508 e. The number of rotatable bonds is 16. The third-order valence-electron chi connectivity index (χ3n) is 9.09. The van der Waals surface area contributed by atoms with Gasteiger partial charge in [0.2, 0.25) is 0 Å². The van der Waals surface area contributed by atoms with E-state index in [0.717, 1.165) is 43.4 Å². The number of allylic oxidation sites excluding steroid dienone is 2. The van der Waals surface area contributed by atoms with Gasteiger partial charge in [0.1, 0.15) is 35.8 Å². The van der Waals surface area contributed by atoms with Crippen molar-refractivity contribution >= 4 is 108 Å². The van der Waals surface area contributed by atoms with Crippen molar-refractivity contribution in [2.24, 2.45) is 0 Å². The molecule has 0 aliphatic rings. The highest BCUT2D eigenvalue weighted by molar-refractivity contribution is 7.69. The summed E-state index contributed by atoms with van der Waals surface area (Å²) in [4.78, 5) is 3.01. The SMILES string of the molecule is CO[Si](OC)(OC)c1ccc(CCl)cc1.CO[Si](OC)(OC)c1ccc(COc2ccc(C=C(C#N)C#N)cc2)cc1.ClCc1ccc([Si](Cl)(Cl)Cl)cc1.[C-]#[N+]/C(C#N)=C/c1ccc(O)cc1. The van der Waals surface area contributed by atoms with Gasteiger partial charge in [-0.15, -0.1) is 56.4 Å². The predicted molar refractivity (Wildman–Crippen MR) is 272 cm³/mol. The van der Waals surface area contributed by atoms with Crippen LogP contribution in [0, 0.1) is 40.6 Å². The van der Waals surface area contributed by atoms with Crippen molar-refractivity contribution in [3.63, 3.8) is 0 Å². The van der Waals surface area contributed by atoms with Gasteiger partial charge < -0.3 is 36.4 Å². The Bertz CT molecular complexity index is 2450. The van der Waals surface area contributed by atoms with E-state index in [1.807, 2.05) is 84.9 Å². The first-order valence-electron chi connectivity index (χ1n) is 19.4. The molecular formula is C47H47Cl5N4O8Si3. The minimum absolute atomic E-state index is 0.0330. The second-order valence-electron chi connectivity index (χ2n) is 13.2. The first-order chi connectivity index (χ1) is 32.1. The summed E-state index contributed by atoms with van der Waals surface area (Å²) in [5, 5.41) is 37.6. The Kier molecular flexibility index (Phi) is 26.4. The highest BCUT2D eigenvalue weighted by Crippen LogP contribution is 2.20. The lowest BCUT2D eigenvalue weighted by Gasteiger charge is -2.24. The van der Waals surface area contributed by atoms with E-state index in [4.69, 9.17) is 115 Å². The number of halogens is 5. The lowest BCUT2D eigenvalue weighted by molar-refractivity contribution is 0.140. The van der Waals surface area contributed by atoms with Gasteiger partial charge in [0, 0.05) is 64.8 Å². The van der Waals surface area contributed by atoms with Crippen LogP contribution in [0.4, 0.5) is 0 Å². The van der Waals surface area contributed by atoms with Gasteiger partial charge in [0.25, 0.3) is 5.70 Å². The number of aromatic hydroxyl groups is 1. The number of hydrogen-bond donors (Lipinski definition) is 1. The maximum absolute atomic E-state index is 8.96. The Hall–Kier alpha value is -5.00. The molecule has 67 heavy (non-hydrogen) atoms. The number of ether oxygens (including phenoxy) is 1. The summed E-state index contributed by atoms with van der Waals surface area (Å²) >= 11 is 28.7. The molecule has 1 N–H and O–H groups in total. The van der Waals surface area contributed by atoms with Gasteiger partial charge in [-0.25, -0.2) is 10.1 Å². The molecule has 0 fully saturated rings.